The monoisotopic (exact) mass is 342 g/mol. The molecule has 23 heavy (non-hydrogen) atoms. The number of rotatable bonds is 7. The Balaban J connectivity index is 1.65. The van der Waals surface area contributed by atoms with E-state index in [1.165, 1.54) is 23.7 Å². The summed E-state index contributed by atoms with van der Waals surface area (Å²) in [5, 5.41) is 7.55. The van der Waals surface area contributed by atoms with Crippen LogP contribution in [0.3, 0.4) is 0 Å². The van der Waals surface area contributed by atoms with Gasteiger partial charge in [0, 0.05) is 51.4 Å². The molecule has 0 spiro atoms. The van der Waals surface area contributed by atoms with Gasteiger partial charge in [-0.25, -0.2) is 8.42 Å². The van der Waals surface area contributed by atoms with E-state index in [4.69, 9.17) is 4.74 Å². The highest BCUT2D eigenvalue weighted by molar-refractivity contribution is 7.89. The molecule has 3 rings (SSSR count). The zero-order chi connectivity index (χ0) is 16.5. The maximum atomic E-state index is 12.7. The van der Waals surface area contributed by atoms with Gasteiger partial charge in [0.15, 0.2) is 0 Å². The summed E-state index contributed by atoms with van der Waals surface area (Å²) in [4.78, 5) is 0.273. The van der Waals surface area contributed by atoms with Gasteiger partial charge in [0.05, 0.1) is 12.8 Å². The number of sulfonamides is 1. The smallest absolute Gasteiger partial charge is 0.246 e. The number of nitrogens with one attached hydrogen (secondary N) is 1. The summed E-state index contributed by atoms with van der Waals surface area (Å²) < 4.78 is 33.9. The molecule has 0 bridgehead atoms. The minimum absolute atomic E-state index is 0.0400. The second-order valence-corrected chi connectivity index (χ2v) is 8.78. The van der Waals surface area contributed by atoms with Crippen molar-refractivity contribution in [2.45, 2.75) is 36.6 Å². The van der Waals surface area contributed by atoms with E-state index in [1.54, 1.807) is 24.7 Å². The van der Waals surface area contributed by atoms with Crippen molar-refractivity contribution in [1.82, 2.24) is 19.4 Å². The molecule has 2 aliphatic rings. The van der Waals surface area contributed by atoms with Gasteiger partial charge in [0.1, 0.15) is 4.90 Å². The van der Waals surface area contributed by atoms with Gasteiger partial charge in [-0.15, -0.1) is 0 Å². The van der Waals surface area contributed by atoms with Crippen molar-refractivity contribution in [3.63, 3.8) is 0 Å². The van der Waals surface area contributed by atoms with Crippen LogP contribution in [0.25, 0.3) is 0 Å². The van der Waals surface area contributed by atoms with E-state index in [-0.39, 0.29) is 10.3 Å². The molecule has 1 saturated heterocycles. The zero-order valence-electron chi connectivity index (χ0n) is 13.9. The highest BCUT2D eigenvalue weighted by Gasteiger charge is 2.39. The highest BCUT2D eigenvalue weighted by Crippen LogP contribution is 2.34. The molecule has 0 amide bonds. The molecule has 1 N–H and O–H groups in total. The summed E-state index contributed by atoms with van der Waals surface area (Å²) in [6.07, 6.45) is 7.12. The maximum absolute atomic E-state index is 12.7. The van der Waals surface area contributed by atoms with Crippen LogP contribution in [-0.2, 0) is 21.8 Å². The number of methoxy groups -OCH3 is 1. The van der Waals surface area contributed by atoms with Crippen LogP contribution in [0, 0.1) is 5.41 Å². The van der Waals surface area contributed by atoms with Gasteiger partial charge in [-0.1, -0.05) is 0 Å². The first-order valence-corrected chi connectivity index (χ1v) is 9.60. The van der Waals surface area contributed by atoms with Crippen LogP contribution in [0.1, 0.15) is 25.7 Å². The Hall–Kier alpha value is -0.960. The number of hydrogen-bond donors (Lipinski definition) is 1. The lowest BCUT2D eigenvalue weighted by atomic mass is 9.79. The first-order chi connectivity index (χ1) is 11.0. The molecule has 2 fully saturated rings. The molecule has 1 saturated carbocycles. The van der Waals surface area contributed by atoms with Gasteiger partial charge in [-0.05, 0) is 25.7 Å². The van der Waals surface area contributed by atoms with Gasteiger partial charge in [0.2, 0.25) is 10.0 Å². The molecule has 1 aromatic rings. The van der Waals surface area contributed by atoms with Crippen LogP contribution in [0.15, 0.2) is 17.3 Å². The highest BCUT2D eigenvalue weighted by atomic mass is 32.2. The van der Waals surface area contributed by atoms with E-state index in [2.05, 4.69) is 10.4 Å². The summed E-state index contributed by atoms with van der Waals surface area (Å²) in [6.45, 7) is 2.65. The summed E-state index contributed by atoms with van der Waals surface area (Å²) in [5.74, 6) is 0. The Morgan fingerprint density at radius 3 is 2.61 bits per heavy atom. The van der Waals surface area contributed by atoms with Gasteiger partial charge >= 0.3 is 0 Å². The number of ether oxygens (including phenoxy) is 1. The quantitative estimate of drug-likeness (QED) is 0.785. The van der Waals surface area contributed by atoms with E-state index in [0.29, 0.717) is 25.7 Å². The van der Waals surface area contributed by atoms with Crippen LogP contribution < -0.4 is 5.32 Å². The second-order valence-electron chi connectivity index (χ2n) is 6.84. The van der Waals surface area contributed by atoms with E-state index in [0.717, 1.165) is 19.4 Å². The van der Waals surface area contributed by atoms with Crippen LogP contribution in [0.2, 0.25) is 0 Å². The fraction of sp³-hybridized carbons (Fsp3) is 0.800. The van der Waals surface area contributed by atoms with Crippen LogP contribution in [0.5, 0.6) is 0 Å². The third-order valence-electron chi connectivity index (χ3n) is 4.90. The molecule has 1 aliphatic heterocycles. The Labute approximate surface area is 138 Å². The molecule has 1 aromatic heterocycles. The number of aryl methyl sites for hydroxylation is 1. The lowest BCUT2D eigenvalue weighted by molar-refractivity contribution is 0.0388. The van der Waals surface area contributed by atoms with Crippen LogP contribution >= 0.6 is 0 Å². The third kappa shape index (κ3) is 3.76. The summed E-state index contributed by atoms with van der Waals surface area (Å²) in [7, 11) is 0.00797. The normalized spacial score (nSPS) is 22.3. The summed E-state index contributed by atoms with van der Waals surface area (Å²) in [6, 6.07) is 0.654. The molecule has 1 aliphatic carbocycles. The maximum Gasteiger partial charge on any atom is 0.246 e. The first kappa shape index (κ1) is 16.9. The van der Waals surface area contributed by atoms with Crippen molar-refractivity contribution in [2.24, 2.45) is 12.5 Å². The molecule has 0 unspecified atom stereocenters. The predicted molar refractivity (Wildman–Crippen MR) is 86.5 cm³/mol. The van der Waals surface area contributed by atoms with Gasteiger partial charge in [-0.3, -0.25) is 4.68 Å². The molecule has 0 aromatic carbocycles. The van der Waals surface area contributed by atoms with Crippen LogP contribution in [-0.4, -0.2) is 61.9 Å². The Kier molecular flexibility index (Phi) is 4.78. The topological polar surface area (TPSA) is 76.5 Å². The molecule has 130 valence electrons. The SMILES string of the molecule is COCC1(CNC2CC2)CCN(S(=O)(=O)c2cnn(C)c2)CC1. The largest absolute Gasteiger partial charge is 0.384 e. The minimum atomic E-state index is -3.44. The minimum Gasteiger partial charge on any atom is -0.384 e. The van der Waals surface area contributed by atoms with Crippen molar-refractivity contribution < 1.29 is 13.2 Å². The van der Waals surface area contributed by atoms with Crippen molar-refractivity contribution >= 4 is 10.0 Å². The Morgan fingerprint density at radius 2 is 2.09 bits per heavy atom. The lowest BCUT2D eigenvalue weighted by Crippen LogP contribution is -2.49. The molecule has 0 radical (unpaired) electrons. The predicted octanol–water partition coefficient (Wildman–Crippen LogP) is 0.589. The first-order valence-electron chi connectivity index (χ1n) is 8.16. The number of aromatic nitrogens is 2. The number of nitrogens with zero attached hydrogens (tertiary/aromatic N) is 3. The van der Waals surface area contributed by atoms with Gasteiger partial charge in [-0.2, -0.15) is 9.40 Å². The van der Waals surface area contributed by atoms with Crippen molar-refractivity contribution in [1.29, 1.82) is 0 Å². The molecule has 7 nitrogen and oxygen atoms in total. The van der Waals surface area contributed by atoms with Crippen LogP contribution in [0.4, 0.5) is 0 Å². The Bertz CT molecular complexity index is 631. The average molecular weight is 342 g/mol. The summed E-state index contributed by atoms with van der Waals surface area (Å²) in [5.41, 5.74) is 0.0400. The van der Waals surface area contributed by atoms with Gasteiger partial charge < -0.3 is 10.1 Å². The zero-order valence-corrected chi connectivity index (χ0v) is 14.7. The van der Waals surface area contributed by atoms with Gasteiger partial charge in [0.25, 0.3) is 0 Å². The second kappa shape index (κ2) is 6.51. The molecular formula is C15H26N4O3S. The third-order valence-corrected chi connectivity index (χ3v) is 6.75. The molecule has 0 atom stereocenters. The Morgan fingerprint density at radius 1 is 1.39 bits per heavy atom. The molecule has 8 heteroatoms. The van der Waals surface area contributed by atoms with Crippen molar-refractivity contribution in [2.75, 3.05) is 33.4 Å². The van der Waals surface area contributed by atoms with E-state index < -0.39 is 10.0 Å². The fourth-order valence-corrected chi connectivity index (χ4v) is 4.64. The fourth-order valence-electron chi connectivity index (χ4n) is 3.21. The average Bonchev–Trinajstić information content (AvgIpc) is 3.25. The number of piperidine rings is 1. The summed E-state index contributed by atoms with van der Waals surface area (Å²) >= 11 is 0. The van der Waals surface area contributed by atoms with E-state index in [1.807, 2.05) is 0 Å². The number of hydrogen-bond acceptors (Lipinski definition) is 5. The van der Waals surface area contributed by atoms with E-state index >= 15 is 0 Å². The van der Waals surface area contributed by atoms with Crippen molar-refractivity contribution in [3.05, 3.63) is 12.4 Å². The molecular weight excluding hydrogens is 316 g/mol. The van der Waals surface area contributed by atoms with E-state index in [9.17, 15) is 8.42 Å². The van der Waals surface area contributed by atoms with Crippen molar-refractivity contribution in [3.8, 4) is 0 Å². The molecule has 2 heterocycles. The standard InChI is InChI=1S/C15H26N4O3S/c1-18-10-14(9-17-18)23(20,21)19-7-5-15(6-8-19,12-22-2)11-16-13-3-4-13/h9-10,13,16H,3-8,11-12H2,1-2H3. The lowest BCUT2D eigenvalue weighted by Gasteiger charge is -2.41.